The van der Waals surface area contributed by atoms with E-state index in [0.29, 0.717) is 28.8 Å². The van der Waals surface area contributed by atoms with Crippen molar-refractivity contribution >= 4 is 17.7 Å². The first-order valence-electron chi connectivity index (χ1n) is 8.12. The van der Waals surface area contributed by atoms with Gasteiger partial charge in [-0.25, -0.2) is 4.39 Å². The Hall–Kier alpha value is -2.81. The van der Waals surface area contributed by atoms with Crippen LogP contribution < -0.4 is 4.74 Å². The van der Waals surface area contributed by atoms with Crippen LogP contribution in [0.1, 0.15) is 5.56 Å². The van der Waals surface area contributed by atoms with Gasteiger partial charge in [0.15, 0.2) is 28.3 Å². The van der Waals surface area contributed by atoms with Crippen LogP contribution in [0, 0.1) is 5.82 Å². The number of methoxy groups -OCH3 is 1. The summed E-state index contributed by atoms with van der Waals surface area (Å²) in [4.78, 5) is 13.9. The number of thioether (sulfide) groups is 1. The normalized spacial score (nSPS) is 10.8. The van der Waals surface area contributed by atoms with Gasteiger partial charge >= 0.3 is 0 Å². The van der Waals surface area contributed by atoms with E-state index in [4.69, 9.17) is 9.15 Å². The molecule has 0 unspecified atom stereocenters. The van der Waals surface area contributed by atoms with Crippen LogP contribution in [0.15, 0.2) is 46.2 Å². The van der Waals surface area contributed by atoms with Crippen LogP contribution in [0.5, 0.6) is 5.75 Å². The SMILES string of the molecule is COc1ccc(CN(C)C(=O)CSc2nnc(-c3ccco3)n2C)cc1F. The van der Waals surface area contributed by atoms with E-state index in [1.54, 1.807) is 42.1 Å². The number of amides is 1. The Bertz CT molecular complexity index is 927. The predicted octanol–water partition coefficient (Wildman–Crippen LogP) is 2.97. The number of furan rings is 1. The Kier molecular flexibility index (Phi) is 5.80. The van der Waals surface area contributed by atoms with E-state index >= 15 is 0 Å². The van der Waals surface area contributed by atoms with Gasteiger partial charge in [0, 0.05) is 20.6 Å². The molecule has 0 N–H and O–H groups in total. The second-order valence-electron chi connectivity index (χ2n) is 5.85. The van der Waals surface area contributed by atoms with Crippen LogP contribution in [-0.4, -0.2) is 45.5 Å². The number of hydrogen-bond donors (Lipinski definition) is 0. The number of hydrogen-bond acceptors (Lipinski definition) is 6. The lowest BCUT2D eigenvalue weighted by Crippen LogP contribution is -2.28. The molecule has 0 spiro atoms. The van der Waals surface area contributed by atoms with Gasteiger partial charge in [0.2, 0.25) is 5.91 Å². The molecule has 1 aromatic carbocycles. The molecule has 0 saturated heterocycles. The molecular weight excluding hydrogens is 371 g/mol. The minimum absolute atomic E-state index is 0.0984. The smallest absolute Gasteiger partial charge is 0.233 e. The van der Waals surface area contributed by atoms with Crippen LogP contribution in [0.2, 0.25) is 0 Å². The van der Waals surface area contributed by atoms with Crippen molar-refractivity contribution in [2.45, 2.75) is 11.7 Å². The summed E-state index contributed by atoms with van der Waals surface area (Å²) in [6.07, 6.45) is 1.57. The summed E-state index contributed by atoms with van der Waals surface area (Å²) in [5.41, 5.74) is 0.688. The molecule has 0 radical (unpaired) electrons. The molecule has 2 aromatic heterocycles. The Morgan fingerprint density at radius 3 is 2.85 bits per heavy atom. The highest BCUT2D eigenvalue weighted by Gasteiger charge is 2.16. The summed E-state index contributed by atoms with van der Waals surface area (Å²) < 4.78 is 25.8. The summed E-state index contributed by atoms with van der Waals surface area (Å²) in [5, 5.41) is 8.80. The fraction of sp³-hybridized carbons (Fsp3) is 0.278. The van der Waals surface area contributed by atoms with Crippen molar-refractivity contribution in [2.24, 2.45) is 7.05 Å². The molecule has 0 atom stereocenters. The lowest BCUT2D eigenvalue weighted by Gasteiger charge is -2.17. The predicted molar refractivity (Wildman–Crippen MR) is 98.9 cm³/mol. The third kappa shape index (κ3) is 4.30. The zero-order valence-electron chi connectivity index (χ0n) is 15.2. The average molecular weight is 390 g/mol. The molecule has 0 aliphatic heterocycles. The first kappa shape index (κ1) is 19.0. The molecule has 1 amide bonds. The number of rotatable bonds is 7. The highest BCUT2D eigenvalue weighted by atomic mass is 32.2. The molecule has 3 rings (SSSR count). The molecule has 7 nitrogen and oxygen atoms in total. The maximum Gasteiger partial charge on any atom is 0.233 e. The molecule has 0 aliphatic rings. The molecule has 0 bridgehead atoms. The fourth-order valence-electron chi connectivity index (χ4n) is 2.47. The Morgan fingerprint density at radius 1 is 1.37 bits per heavy atom. The Balaban J connectivity index is 1.58. The van der Waals surface area contributed by atoms with Gasteiger partial charge in [-0.05, 0) is 29.8 Å². The van der Waals surface area contributed by atoms with Crippen LogP contribution in [0.4, 0.5) is 4.39 Å². The molecular formula is C18H19FN4O3S. The van der Waals surface area contributed by atoms with Crippen molar-refractivity contribution in [1.29, 1.82) is 0 Å². The van der Waals surface area contributed by atoms with Crippen molar-refractivity contribution in [3.63, 3.8) is 0 Å². The van der Waals surface area contributed by atoms with Gasteiger partial charge in [0.25, 0.3) is 0 Å². The summed E-state index contributed by atoms with van der Waals surface area (Å²) in [5.74, 6) is 1.03. The third-order valence-electron chi connectivity index (χ3n) is 3.96. The van der Waals surface area contributed by atoms with Crippen molar-refractivity contribution in [2.75, 3.05) is 19.9 Å². The first-order chi connectivity index (χ1) is 13.0. The van der Waals surface area contributed by atoms with Crippen molar-refractivity contribution < 1.29 is 18.3 Å². The number of carbonyl (C=O) groups is 1. The van der Waals surface area contributed by atoms with Crippen LogP contribution in [0.25, 0.3) is 11.6 Å². The molecule has 0 saturated carbocycles. The Morgan fingerprint density at radius 2 is 2.19 bits per heavy atom. The largest absolute Gasteiger partial charge is 0.494 e. The van der Waals surface area contributed by atoms with Gasteiger partial charge in [-0.1, -0.05) is 17.8 Å². The zero-order valence-corrected chi connectivity index (χ0v) is 16.0. The van der Waals surface area contributed by atoms with E-state index in [1.165, 1.54) is 29.8 Å². The molecule has 3 aromatic rings. The molecule has 9 heteroatoms. The standard InChI is InChI=1S/C18H19FN4O3S/c1-22(10-12-6-7-14(25-3)13(19)9-12)16(24)11-27-18-21-20-17(23(18)2)15-5-4-8-26-15/h4-9H,10-11H2,1-3H3. The minimum atomic E-state index is -0.449. The number of ether oxygens (including phenoxy) is 1. The summed E-state index contributed by atoms with van der Waals surface area (Å²) in [6, 6.07) is 8.22. The van der Waals surface area contributed by atoms with Gasteiger partial charge in [0.1, 0.15) is 0 Å². The van der Waals surface area contributed by atoms with Crippen molar-refractivity contribution in [3.8, 4) is 17.3 Å². The van der Waals surface area contributed by atoms with Gasteiger partial charge in [-0.15, -0.1) is 10.2 Å². The number of aromatic nitrogens is 3. The topological polar surface area (TPSA) is 73.4 Å². The highest BCUT2D eigenvalue weighted by Crippen LogP contribution is 2.23. The van der Waals surface area contributed by atoms with E-state index in [1.807, 2.05) is 7.05 Å². The van der Waals surface area contributed by atoms with E-state index in [-0.39, 0.29) is 17.4 Å². The highest BCUT2D eigenvalue weighted by molar-refractivity contribution is 7.99. The lowest BCUT2D eigenvalue weighted by molar-refractivity contribution is -0.127. The molecule has 142 valence electrons. The molecule has 2 heterocycles. The van der Waals surface area contributed by atoms with Crippen molar-refractivity contribution in [3.05, 3.63) is 48.0 Å². The first-order valence-corrected chi connectivity index (χ1v) is 9.10. The third-order valence-corrected chi connectivity index (χ3v) is 4.97. The van der Waals surface area contributed by atoms with E-state index < -0.39 is 5.82 Å². The second kappa shape index (κ2) is 8.26. The van der Waals surface area contributed by atoms with Gasteiger partial charge in [-0.3, -0.25) is 4.79 Å². The summed E-state index contributed by atoms with van der Waals surface area (Å²) >= 11 is 1.28. The maximum atomic E-state index is 13.8. The molecule has 0 fully saturated rings. The van der Waals surface area contributed by atoms with Crippen molar-refractivity contribution in [1.82, 2.24) is 19.7 Å². The monoisotopic (exact) mass is 390 g/mol. The Labute approximate surface area is 160 Å². The number of nitrogens with zero attached hydrogens (tertiary/aromatic N) is 4. The van der Waals surface area contributed by atoms with E-state index in [0.717, 1.165) is 0 Å². The van der Waals surface area contributed by atoms with E-state index in [9.17, 15) is 9.18 Å². The fourth-order valence-corrected chi connectivity index (χ4v) is 3.32. The van der Waals surface area contributed by atoms with Crippen LogP contribution in [0.3, 0.4) is 0 Å². The molecule has 27 heavy (non-hydrogen) atoms. The summed E-state index contributed by atoms with van der Waals surface area (Å²) in [7, 11) is 4.90. The average Bonchev–Trinajstić information content (AvgIpc) is 3.29. The quantitative estimate of drug-likeness (QED) is 0.578. The van der Waals surface area contributed by atoms with Gasteiger partial charge in [-0.2, -0.15) is 0 Å². The van der Waals surface area contributed by atoms with Gasteiger partial charge in [0.05, 0.1) is 19.1 Å². The maximum absolute atomic E-state index is 13.8. The number of carbonyl (C=O) groups excluding carboxylic acids is 1. The summed E-state index contributed by atoms with van der Waals surface area (Å²) in [6.45, 7) is 0.302. The lowest BCUT2D eigenvalue weighted by atomic mass is 10.2. The van der Waals surface area contributed by atoms with Gasteiger partial charge < -0.3 is 18.6 Å². The number of benzene rings is 1. The zero-order chi connectivity index (χ0) is 19.4. The number of halogens is 1. The minimum Gasteiger partial charge on any atom is -0.494 e. The van der Waals surface area contributed by atoms with E-state index in [2.05, 4.69) is 10.2 Å². The van der Waals surface area contributed by atoms with Crippen LogP contribution >= 0.6 is 11.8 Å². The molecule has 0 aliphatic carbocycles. The van der Waals surface area contributed by atoms with Crippen LogP contribution in [-0.2, 0) is 18.4 Å². The second-order valence-corrected chi connectivity index (χ2v) is 6.79.